The fourth-order valence-corrected chi connectivity index (χ4v) is 2.92. The van der Waals surface area contributed by atoms with Gasteiger partial charge in [-0.05, 0) is 18.9 Å². The van der Waals surface area contributed by atoms with Gasteiger partial charge in [-0.1, -0.05) is 30.3 Å². The zero-order valence-electron chi connectivity index (χ0n) is 14.1. The van der Waals surface area contributed by atoms with Gasteiger partial charge in [0.15, 0.2) is 5.96 Å². The summed E-state index contributed by atoms with van der Waals surface area (Å²) in [6.07, 6.45) is 4.35. The lowest BCUT2D eigenvalue weighted by Gasteiger charge is -2.20. The van der Waals surface area contributed by atoms with Crippen LogP contribution in [0.15, 0.2) is 47.7 Å². The van der Waals surface area contributed by atoms with Crippen LogP contribution in [0.25, 0.3) is 0 Å². The van der Waals surface area contributed by atoms with Gasteiger partial charge in [-0.2, -0.15) is 0 Å². The van der Waals surface area contributed by atoms with E-state index in [-0.39, 0.29) is 6.10 Å². The average Bonchev–Trinajstić information content (AvgIpc) is 3.21. The van der Waals surface area contributed by atoms with Gasteiger partial charge in [-0.3, -0.25) is 0 Å². The third kappa shape index (κ3) is 4.14. The summed E-state index contributed by atoms with van der Waals surface area (Å²) < 4.78 is 2.13. The van der Waals surface area contributed by atoms with Crippen molar-refractivity contribution < 1.29 is 5.11 Å². The van der Waals surface area contributed by atoms with Crippen molar-refractivity contribution in [1.82, 2.24) is 19.8 Å². The molecule has 6 heteroatoms. The third-order valence-corrected chi connectivity index (χ3v) is 4.17. The lowest BCUT2D eigenvalue weighted by Crippen LogP contribution is -2.40. The predicted molar refractivity (Wildman–Crippen MR) is 94.8 cm³/mol. The smallest absolute Gasteiger partial charge is 0.194 e. The summed E-state index contributed by atoms with van der Waals surface area (Å²) in [6.45, 7) is 5.66. The number of likely N-dealkylation sites (tertiary alicyclic amines) is 1. The SMILES string of the molecule is CCNC(=NCc1nccn1Cc1ccccc1)N1CC[C@@H](O)C1. The second-order valence-corrected chi connectivity index (χ2v) is 6.02. The molecule has 3 rings (SSSR count). The number of rotatable bonds is 5. The Kier molecular flexibility index (Phi) is 5.48. The van der Waals surface area contributed by atoms with Crippen LogP contribution in [0.2, 0.25) is 0 Å². The first-order chi connectivity index (χ1) is 11.8. The minimum absolute atomic E-state index is 0.256. The van der Waals surface area contributed by atoms with Gasteiger partial charge >= 0.3 is 0 Å². The van der Waals surface area contributed by atoms with Gasteiger partial charge < -0.3 is 19.9 Å². The first kappa shape index (κ1) is 16.5. The van der Waals surface area contributed by atoms with E-state index in [1.165, 1.54) is 5.56 Å². The molecule has 1 saturated heterocycles. The molecule has 2 N–H and O–H groups in total. The van der Waals surface area contributed by atoms with Gasteiger partial charge in [0, 0.05) is 38.6 Å². The molecule has 128 valence electrons. The Labute approximate surface area is 142 Å². The molecule has 24 heavy (non-hydrogen) atoms. The van der Waals surface area contributed by atoms with Gasteiger partial charge in [0.1, 0.15) is 12.4 Å². The van der Waals surface area contributed by atoms with Gasteiger partial charge in [0.05, 0.1) is 6.10 Å². The van der Waals surface area contributed by atoms with Crippen LogP contribution in [0, 0.1) is 0 Å². The van der Waals surface area contributed by atoms with Crippen molar-refractivity contribution >= 4 is 5.96 Å². The van der Waals surface area contributed by atoms with Gasteiger partial charge in [-0.25, -0.2) is 9.98 Å². The number of hydrogen-bond donors (Lipinski definition) is 2. The highest BCUT2D eigenvalue weighted by Crippen LogP contribution is 2.10. The summed E-state index contributed by atoms with van der Waals surface area (Å²) in [5.74, 6) is 1.79. The summed E-state index contributed by atoms with van der Waals surface area (Å²) in [4.78, 5) is 11.3. The van der Waals surface area contributed by atoms with Crippen molar-refractivity contribution in [3.8, 4) is 0 Å². The van der Waals surface area contributed by atoms with Gasteiger partial charge in [0.2, 0.25) is 0 Å². The molecule has 0 unspecified atom stereocenters. The maximum absolute atomic E-state index is 9.74. The Morgan fingerprint density at radius 1 is 1.38 bits per heavy atom. The molecule has 0 amide bonds. The Balaban J connectivity index is 1.69. The highest BCUT2D eigenvalue weighted by Gasteiger charge is 2.22. The maximum Gasteiger partial charge on any atom is 0.194 e. The number of benzene rings is 1. The van der Waals surface area contributed by atoms with Crippen molar-refractivity contribution in [1.29, 1.82) is 0 Å². The number of aliphatic imine (C=N–C) groups is 1. The van der Waals surface area contributed by atoms with Crippen molar-refractivity contribution in [2.45, 2.75) is 32.5 Å². The van der Waals surface area contributed by atoms with Gasteiger partial charge in [0.25, 0.3) is 0 Å². The van der Waals surface area contributed by atoms with Crippen molar-refractivity contribution in [3.05, 3.63) is 54.1 Å². The first-order valence-corrected chi connectivity index (χ1v) is 8.51. The van der Waals surface area contributed by atoms with Crippen LogP contribution in [0.3, 0.4) is 0 Å². The molecular formula is C18H25N5O. The highest BCUT2D eigenvalue weighted by atomic mass is 16.3. The number of nitrogens with zero attached hydrogens (tertiary/aromatic N) is 4. The zero-order chi connectivity index (χ0) is 16.8. The summed E-state index contributed by atoms with van der Waals surface area (Å²) >= 11 is 0. The minimum Gasteiger partial charge on any atom is -0.391 e. The Hall–Kier alpha value is -2.34. The lowest BCUT2D eigenvalue weighted by molar-refractivity contribution is 0.188. The standard InChI is InChI=1S/C18H25N5O/c1-2-19-18(23-10-8-16(24)14-23)21-12-17-20-9-11-22(17)13-15-6-4-3-5-7-15/h3-7,9,11,16,24H,2,8,10,12-14H2,1H3,(H,19,21)/t16-/m1/s1. The topological polar surface area (TPSA) is 65.7 Å². The first-order valence-electron chi connectivity index (χ1n) is 8.51. The molecule has 6 nitrogen and oxygen atoms in total. The second-order valence-electron chi connectivity index (χ2n) is 6.02. The summed E-state index contributed by atoms with van der Waals surface area (Å²) in [6, 6.07) is 10.3. The Morgan fingerprint density at radius 3 is 2.92 bits per heavy atom. The van der Waals surface area contributed by atoms with E-state index >= 15 is 0 Å². The van der Waals surface area contributed by atoms with E-state index in [2.05, 4.69) is 38.8 Å². The number of β-amino-alcohol motifs (C(OH)–C–C–N with tert-alkyl or cyclic N) is 1. The van der Waals surface area contributed by atoms with Crippen molar-refractivity contribution in [2.75, 3.05) is 19.6 Å². The molecule has 1 aromatic heterocycles. The van der Waals surface area contributed by atoms with Crippen LogP contribution in [-0.4, -0.2) is 51.3 Å². The minimum atomic E-state index is -0.256. The van der Waals surface area contributed by atoms with Crippen molar-refractivity contribution in [3.63, 3.8) is 0 Å². The van der Waals surface area contributed by atoms with Gasteiger partial charge in [-0.15, -0.1) is 0 Å². The van der Waals surface area contributed by atoms with E-state index in [1.807, 2.05) is 30.6 Å². The fraction of sp³-hybridized carbons (Fsp3) is 0.444. The van der Waals surface area contributed by atoms with E-state index in [1.54, 1.807) is 0 Å². The van der Waals surface area contributed by atoms with Crippen LogP contribution in [-0.2, 0) is 13.1 Å². The van der Waals surface area contributed by atoms with Crippen LogP contribution >= 0.6 is 0 Å². The van der Waals surface area contributed by atoms with Crippen LogP contribution in [0.4, 0.5) is 0 Å². The molecule has 1 atom stereocenters. The second kappa shape index (κ2) is 7.97. The molecule has 1 fully saturated rings. The number of nitrogens with one attached hydrogen (secondary N) is 1. The highest BCUT2D eigenvalue weighted by molar-refractivity contribution is 5.80. The quantitative estimate of drug-likeness (QED) is 0.645. The van der Waals surface area contributed by atoms with E-state index in [9.17, 15) is 5.11 Å². The number of aliphatic hydroxyl groups excluding tert-OH is 1. The fourth-order valence-electron chi connectivity index (χ4n) is 2.92. The van der Waals surface area contributed by atoms with Crippen LogP contribution in [0.5, 0.6) is 0 Å². The van der Waals surface area contributed by atoms with Crippen LogP contribution < -0.4 is 5.32 Å². The van der Waals surface area contributed by atoms with Crippen LogP contribution in [0.1, 0.15) is 24.7 Å². The molecule has 0 aliphatic carbocycles. The lowest BCUT2D eigenvalue weighted by atomic mass is 10.2. The van der Waals surface area contributed by atoms with E-state index in [0.29, 0.717) is 13.1 Å². The van der Waals surface area contributed by atoms with E-state index in [0.717, 1.165) is 37.8 Å². The third-order valence-electron chi connectivity index (χ3n) is 4.17. The molecule has 0 spiro atoms. The molecule has 2 aromatic rings. The average molecular weight is 327 g/mol. The molecule has 0 radical (unpaired) electrons. The number of hydrogen-bond acceptors (Lipinski definition) is 3. The van der Waals surface area contributed by atoms with Crippen molar-refractivity contribution in [2.24, 2.45) is 4.99 Å². The summed E-state index contributed by atoms with van der Waals surface area (Å²) in [7, 11) is 0. The summed E-state index contributed by atoms with van der Waals surface area (Å²) in [5, 5.41) is 13.0. The number of aliphatic hydroxyl groups is 1. The Bertz CT molecular complexity index is 667. The zero-order valence-corrected chi connectivity index (χ0v) is 14.1. The number of imidazole rings is 1. The predicted octanol–water partition coefficient (Wildman–Crippen LogP) is 1.46. The summed E-state index contributed by atoms with van der Waals surface area (Å²) in [5.41, 5.74) is 1.25. The van der Waals surface area contributed by atoms with E-state index < -0.39 is 0 Å². The monoisotopic (exact) mass is 327 g/mol. The molecule has 0 saturated carbocycles. The maximum atomic E-state index is 9.74. The van der Waals surface area contributed by atoms with E-state index in [4.69, 9.17) is 4.99 Å². The number of guanidine groups is 1. The molecule has 1 aromatic carbocycles. The molecular weight excluding hydrogens is 302 g/mol. The Morgan fingerprint density at radius 2 is 2.21 bits per heavy atom. The number of aromatic nitrogens is 2. The normalized spacial score (nSPS) is 18.2. The molecule has 2 heterocycles. The molecule has 1 aliphatic heterocycles. The molecule has 1 aliphatic rings. The molecule has 0 bridgehead atoms. The largest absolute Gasteiger partial charge is 0.391 e.